The van der Waals surface area contributed by atoms with Crippen molar-refractivity contribution in [2.24, 2.45) is 11.8 Å². The van der Waals surface area contributed by atoms with Gasteiger partial charge in [0.05, 0.1) is 29.7 Å². The number of amides is 2. The van der Waals surface area contributed by atoms with Crippen molar-refractivity contribution >= 4 is 11.8 Å². The standard InChI is InChI=1S/C22H24FN5O2/c1-11-19(22(30)28-17-6-7-26-18(10-25)20(11)17)12(2)21(29)27-13(3)15-5-4-14(9-24)8-16(15)23/h4-5,8,12-13,17-18,20,26H,6-7H2,1-3H3,(H,27,29)(H,28,30)/t12-,13+,17?,18?,20?/m1/s1. The highest BCUT2D eigenvalue weighted by Crippen LogP contribution is 2.34. The Morgan fingerprint density at radius 1 is 1.33 bits per heavy atom. The van der Waals surface area contributed by atoms with E-state index in [0.29, 0.717) is 12.1 Å². The van der Waals surface area contributed by atoms with Crippen molar-refractivity contribution in [3.8, 4) is 12.1 Å². The average molecular weight is 409 g/mol. The minimum absolute atomic E-state index is 0.130. The summed E-state index contributed by atoms with van der Waals surface area (Å²) in [7, 11) is 0. The first-order chi connectivity index (χ1) is 14.3. The lowest BCUT2D eigenvalue weighted by molar-refractivity contribution is -0.127. The fraction of sp³-hybridized carbons (Fsp3) is 0.455. The van der Waals surface area contributed by atoms with E-state index in [9.17, 15) is 19.2 Å². The number of carbonyl (C=O) groups is 2. The Bertz CT molecular complexity index is 990. The smallest absolute Gasteiger partial charge is 0.248 e. The van der Waals surface area contributed by atoms with Crippen molar-refractivity contribution < 1.29 is 14.0 Å². The van der Waals surface area contributed by atoms with Gasteiger partial charge in [-0.25, -0.2) is 4.39 Å². The molecule has 1 aromatic carbocycles. The summed E-state index contributed by atoms with van der Waals surface area (Å²) in [5.74, 6) is -2.25. The molecule has 0 saturated carbocycles. The van der Waals surface area contributed by atoms with Crippen LogP contribution < -0.4 is 16.0 Å². The summed E-state index contributed by atoms with van der Waals surface area (Å²) in [6.07, 6.45) is 0.717. The average Bonchev–Trinajstić information content (AvgIpc) is 2.72. The van der Waals surface area contributed by atoms with Gasteiger partial charge < -0.3 is 16.0 Å². The van der Waals surface area contributed by atoms with Crippen LogP contribution in [0.5, 0.6) is 0 Å². The highest BCUT2D eigenvalue weighted by molar-refractivity contribution is 6.01. The van der Waals surface area contributed by atoms with Crippen LogP contribution in [0.2, 0.25) is 0 Å². The Morgan fingerprint density at radius 2 is 2.07 bits per heavy atom. The van der Waals surface area contributed by atoms with Crippen LogP contribution in [0.4, 0.5) is 4.39 Å². The third-order valence-corrected chi connectivity index (χ3v) is 6.02. The van der Waals surface area contributed by atoms with E-state index in [0.717, 1.165) is 18.1 Å². The third-order valence-electron chi connectivity index (χ3n) is 6.02. The second-order valence-corrected chi connectivity index (χ2v) is 7.85. The Morgan fingerprint density at radius 3 is 2.70 bits per heavy atom. The van der Waals surface area contributed by atoms with Crippen LogP contribution in [-0.4, -0.2) is 30.4 Å². The quantitative estimate of drug-likeness (QED) is 0.701. The lowest BCUT2D eigenvalue weighted by Crippen LogP contribution is -2.58. The molecule has 0 radical (unpaired) electrons. The van der Waals surface area contributed by atoms with Crippen molar-refractivity contribution in [3.05, 3.63) is 46.3 Å². The maximum atomic E-state index is 14.3. The van der Waals surface area contributed by atoms with Crippen molar-refractivity contribution in [1.29, 1.82) is 10.5 Å². The molecule has 7 nitrogen and oxygen atoms in total. The molecule has 1 saturated heterocycles. The number of nitrogens with one attached hydrogen (secondary N) is 3. The van der Waals surface area contributed by atoms with E-state index in [-0.39, 0.29) is 29.0 Å². The molecule has 1 fully saturated rings. The summed E-state index contributed by atoms with van der Waals surface area (Å²) in [6, 6.07) is 7.00. The van der Waals surface area contributed by atoms with Gasteiger partial charge in [-0.15, -0.1) is 0 Å². The second kappa shape index (κ2) is 8.64. The van der Waals surface area contributed by atoms with E-state index in [1.165, 1.54) is 12.1 Å². The summed E-state index contributed by atoms with van der Waals surface area (Å²) in [5.41, 5.74) is 1.55. The zero-order chi connectivity index (χ0) is 22.0. The number of nitrogens with zero attached hydrogens (tertiary/aromatic N) is 2. The van der Waals surface area contributed by atoms with Crippen LogP contribution in [0.15, 0.2) is 29.3 Å². The van der Waals surface area contributed by atoms with Gasteiger partial charge in [0.2, 0.25) is 11.8 Å². The van der Waals surface area contributed by atoms with Gasteiger partial charge in [-0.2, -0.15) is 10.5 Å². The maximum Gasteiger partial charge on any atom is 0.248 e. The molecule has 2 aliphatic heterocycles. The Labute approximate surface area is 174 Å². The van der Waals surface area contributed by atoms with E-state index < -0.39 is 29.7 Å². The molecule has 2 heterocycles. The molecule has 0 aliphatic carbocycles. The van der Waals surface area contributed by atoms with Crippen LogP contribution in [-0.2, 0) is 9.59 Å². The highest BCUT2D eigenvalue weighted by atomic mass is 19.1. The van der Waals surface area contributed by atoms with Crippen molar-refractivity contribution in [2.45, 2.75) is 45.3 Å². The monoisotopic (exact) mass is 409 g/mol. The van der Waals surface area contributed by atoms with E-state index in [4.69, 9.17) is 5.26 Å². The molecule has 1 aromatic rings. The van der Waals surface area contributed by atoms with E-state index in [1.807, 2.05) is 6.07 Å². The first-order valence-corrected chi connectivity index (χ1v) is 9.93. The van der Waals surface area contributed by atoms with Crippen molar-refractivity contribution in [3.63, 3.8) is 0 Å². The zero-order valence-electron chi connectivity index (χ0n) is 17.1. The maximum absolute atomic E-state index is 14.3. The van der Waals surface area contributed by atoms with E-state index in [2.05, 4.69) is 22.0 Å². The number of benzene rings is 1. The number of halogens is 1. The van der Waals surface area contributed by atoms with Gasteiger partial charge in [0.15, 0.2) is 0 Å². The first kappa shape index (κ1) is 21.5. The summed E-state index contributed by atoms with van der Waals surface area (Å²) in [5, 5.41) is 27.2. The molecule has 0 spiro atoms. The molecule has 30 heavy (non-hydrogen) atoms. The van der Waals surface area contributed by atoms with Crippen LogP contribution in [0.1, 0.15) is 44.4 Å². The fourth-order valence-electron chi connectivity index (χ4n) is 4.41. The second-order valence-electron chi connectivity index (χ2n) is 7.85. The number of piperidine rings is 1. The number of rotatable bonds is 4. The predicted octanol–water partition coefficient (Wildman–Crippen LogP) is 1.83. The van der Waals surface area contributed by atoms with Crippen molar-refractivity contribution in [2.75, 3.05) is 6.54 Å². The SMILES string of the molecule is CC1=C([C@@H](C)C(=O)N[C@@H](C)c2ccc(C#N)cc2F)C(=O)NC2CCNC(C#N)C12. The molecule has 3 rings (SSSR count). The lowest BCUT2D eigenvalue weighted by atomic mass is 9.74. The third kappa shape index (κ3) is 3.92. The van der Waals surface area contributed by atoms with Gasteiger partial charge in [-0.05, 0) is 45.9 Å². The van der Waals surface area contributed by atoms with Crippen LogP contribution in [0.25, 0.3) is 0 Å². The molecular weight excluding hydrogens is 385 g/mol. The molecule has 8 heteroatoms. The number of fused-ring (bicyclic) bond motifs is 1. The van der Waals surface area contributed by atoms with Gasteiger partial charge in [0.25, 0.3) is 0 Å². The minimum atomic E-state index is -0.767. The zero-order valence-corrected chi connectivity index (χ0v) is 17.1. The van der Waals surface area contributed by atoms with Gasteiger partial charge in [0, 0.05) is 23.1 Å². The summed E-state index contributed by atoms with van der Waals surface area (Å²) < 4.78 is 14.3. The fourth-order valence-corrected chi connectivity index (χ4v) is 4.41. The topological polar surface area (TPSA) is 118 Å². The summed E-state index contributed by atoms with van der Waals surface area (Å²) >= 11 is 0. The van der Waals surface area contributed by atoms with Crippen molar-refractivity contribution in [1.82, 2.24) is 16.0 Å². The van der Waals surface area contributed by atoms with Gasteiger partial charge >= 0.3 is 0 Å². The lowest BCUT2D eigenvalue weighted by Gasteiger charge is -2.41. The highest BCUT2D eigenvalue weighted by Gasteiger charge is 2.42. The van der Waals surface area contributed by atoms with E-state index in [1.54, 1.807) is 20.8 Å². The van der Waals surface area contributed by atoms with Gasteiger partial charge in [0.1, 0.15) is 11.9 Å². The first-order valence-electron chi connectivity index (χ1n) is 9.93. The Kier molecular flexibility index (Phi) is 6.19. The van der Waals surface area contributed by atoms with Gasteiger partial charge in [-0.3, -0.25) is 9.59 Å². The minimum Gasteiger partial charge on any atom is -0.349 e. The molecule has 0 aromatic heterocycles. The molecular formula is C22H24FN5O2. The molecule has 3 N–H and O–H groups in total. The Balaban J connectivity index is 1.82. The molecule has 3 unspecified atom stereocenters. The number of carbonyl (C=O) groups excluding carboxylic acids is 2. The number of hydrogen-bond donors (Lipinski definition) is 3. The Hall–Kier alpha value is -3.23. The summed E-state index contributed by atoms with van der Waals surface area (Å²) in [4.78, 5) is 25.6. The van der Waals surface area contributed by atoms with E-state index >= 15 is 0 Å². The number of nitriles is 2. The molecule has 5 atom stereocenters. The molecule has 156 valence electrons. The predicted molar refractivity (Wildman–Crippen MR) is 107 cm³/mol. The molecule has 2 aliphatic rings. The van der Waals surface area contributed by atoms with Crippen LogP contribution in [0, 0.1) is 40.3 Å². The van der Waals surface area contributed by atoms with Crippen LogP contribution >= 0.6 is 0 Å². The largest absolute Gasteiger partial charge is 0.349 e. The normalized spacial score (nSPS) is 25.3. The molecule has 2 amide bonds. The van der Waals surface area contributed by atoms with Gasteiger partial charge in [-0.1, -0.05) is 11.6 Å². The number of hydrogen-bond acceptors (Lipinski definition) is 5. The molecule has 0 bridgehead atoms. The summed E-state index contributed by atoms with van der Waals surface area (Å²) in [6.45, 7) is 5.72. The van der Waals surface area contributed by atoms with Crippen LogP contribution in [0.3, 0.4) is 0 Å².